The van der Waals surface area contributed by atoms with Crippen molar-refractivity contribution < 1.29 is 4.79 Å². The molecule has 58 valence electrons. The summed E-state index contributed by atoms with van der Waals surface area (Å²) >= 11 is 5.59. The van der Waals surface area contributed by atoms with Crippen LogP contribution < -0.4 is 0 Å². The molecule has 0 saturated carbocycles. The smallest absolute Gasteiger partial charge is 0.150 e. The molecule has 3 heteroatoms. The average molecular weight is 325 g/mol. The molecule has 0 amide bonds. The van der Waals surface area contributed by atoms with E-state index in [0.29, 0.717) is 0 Å². The van der Waals surface area contributed by atoms with Gasteiger partial charge in [0.15, 0.2) is 0 Å². The number of alkyl halides is 1. The second-order valence-electron chi connectivity index (χ2n) is 2.09. The molecule has 0 aliphatic heterocycles. The highest BCUT2D eigenvalue weighted by atomic mass is 127. The van der Waals surface area contributed by atoms with Gasteiger partial charge in [0.2, 0.25) is 0 Å². The number of carbonyl (C=O) groups excluding carboxylic acids is 1. The number of hydrogen-bond acceptors (Lipinski definition) is 1. The van der Waals surface area contributed by atoms with Gasteiger partial charge < -0.3 is 0 Å². The highest BCUT2D eigenvalue weighted by Gasteiger charge is 1.99. The fourth-order valence-electron chi connectivity index (χ4n) is 0.805. The van der Waals surface area contributed by atoms with Gasteiger partial charge in [-0.1, -0.05) is 44.6 Å². The van der Waals surface area contributed by atoms with Gasteiger partial charge in [-0.25, -0.2) is 0 Å². The van der Waals surface area contributed by atoms with Crippen LogP contribution in [0.1, 0.15) is 15.9 Å². The summed E-state index contributed by atoms with van der Waals surface area (Å²) < 4.78 is 1.89. The highest BCUT2D eigenvalue weighted by Crippen LogP contribution is 2.17. The monoisotopic (exact) mass is 324 g/mol. The quantitative estimate of drug-likeness (QED) is 0.464. The molecule has 1 aromatic rings. The summed E-state index contributed by atoms with van der Waals surface area (Å²) in [6.45, 7) is 0. The third-order valence-electron chi connectivity index (χ3n) is 1.38. The zero-order valence-corrected chi connectivity index (χ0v) is 9.42. The largest absolute Gasteiger partial charge is 0.298 e. The minimum absolute atomic E-state index is 0.780. The van der Waals surface area contributed by atoms with Gasteiger partial charge in [-0.3, -0.25) is 4.79 Å². The fourth-order valence-corrected chi connectivity index (χ4v) is 1.87. The average Bonchev–Trinajstić information content (AvgIpc) is 2.04. The van der Waals surface area contributed by atoms with Crippen molar-refractivity contribution in [1.29, 1.82) is 0 Å². The van der Waals surface area contributed by atoms with Gasteiger partial charge in [-0.15, -0.1) is 0 Å². The molecule has 0 fully saturated rings. The van der Waals surface area contributed by atoms with Gasteiger partial charge in [0.1, 0.15) is 6.29 Å². The summed E-state index contributed by atoms with van der Waals surface area (Å²) in [5.41, 5.74) is 1.86. The lowest BCUT2D eigenvalue weighted by Crippen LogP contribution is -1.87. The van der Waals surface area contributed by atoms with Crippen LogP contribution in [-0.4, -0.2) is 6.29 Å². The van der Waals surface area contributed by atoms with Crippen LogP contribution >= 0.6 is 38.5 Å². The van der Waals surface area contributed by atoms with Gasteiger partial charge >= 0.3 is 0 Å². The van der Waals surface area contributed by atoms with Crippen LogP contribution in [-0.2, 0) is 4.43 Å². The first-order valence-electron chi connectivity index (χ1n) is 3.07. The molecule has 0 bridgehead atoms. The Morgan fingerprint density at radius 2 is 2.27 bits per heavy atom. The maximum absolute atomic E-state index is 10.5. The normalized spacial score (nSPS) is 9.64. The Bertz CT molecular complexity index is 273. The molecule has 0 heterocycles. The summed E-state index contributed by atoms with van der Waals surface area (Å²) in [5.74, 6) is 0. The molecule has 0 aliphatic carbocycles. The molecule has 1 nitrogen and oxygen atoms in total. The van der Waals surface area contributed by atoms with Crippen molar-refractivity contribution in [1.82, 2.24) is 0 Å². The molecule has 1 aromatic carbocycles. The Balaban J connectivity index is 3.16. The minimum Gasteiger partial charge on any atom is -0.298 e. The second-order valence-corrected chi connectivity index (χ2v) is 3.77. The first-order chi connectivity index (χ1) is 5.27. The zero-order valence-electron chi connectivity index (χ0n) is 5.68. The molecule has 0 aliphatic rings. The first-order valence-corrected chi connectivity index (χ1v) is 5.39. The van der Waals surface area contributed by atoms with Crippen LogP contribution in [0.2, 0.25) is 0 Å². The highest BCUT2D eigenvalue weighted by molar-refractivity contribution is 14.1. The summed E-state index contributed by atoms with van der Waals surface area (Å²) in [4.78, 5) is 10.5. The number of carbonyl (C=O) groups is 1. The molecular formula is C8H6BrIO. The lowest BCUT2D eigenvalue weighted by molar-refractivity contribution is 0.112. The number of aldehydes is 1. The van der Waals surface area contributed by atoms with Crippen LogP contribution in [0.15, 0.2) is 22.7 Å². The van der Waals surface area contributed by atoms with Crippen molar-refractivity contribution >= 4 is 44.8 Å². The Kier molecular flexibility index (Phi) is 3.51. The van der Waals surface area contributed by atoms with Crippen molar-refractivity contribution in [3.05, 3.63) is 33.8 Å². The van der Waals surface area contributed by atoms with E-state index in [9.17, 15) is 4.79 Å². The van der Waals surface area contributed by atoms with Gasteiger partial charge in [0.25, 0.3) is 0 Å². The van der Waals surface area contributed by atoms with Crippen LogP contribution in [0.5, 0.6) is 0 Å². The molecule has 11 heavy (non-hydrogen) atoms. The molecule has 0 atom stereocenters. The van der Waals surface area contributed by atoms with Gasteiger partial charge in [-0.05, 0) is 17.7 Å². The van der Waals surface area contributed by atoms with E-state index in [2.05, 4.69) is 38.5 Å². The van der Waals surface area contributed by atoms with E-state index in [-0.39, 0.29) is 0 Å². The third-order valence-corrected chi connectivity index (χ3v) is 2.69. The van der Waals surface area contributed by atoms with Crippen molar-refractivity contribution in [3.8, 4) is 0 Å². The van der Waals surface area contributed by atoms with E-state index in [0.717, 1.165) is 26.3 Å². The standard InChI is InChI=1S/C8H6BrIO/c9-8-2-1-6(5-11)7(3-8)4-10/h1-3,5H,4H2. The molecular weight excluding hydrogens is 319 g/mol. The molecule has 0 radical (unpaired) electrons. The minimum atomic E-state index is 0.780. The summed E-state index contributed by atoms with van der Waals surface area (Å²) in [6, 6.07) is 5.67. The number of rotatable bonds is 2. The first kappa shape index (κ1) is 9.19. The van der Waals surface area contributed by atoms with Gasteiger partial charge in [-0.2, -0.15) is 0 Å². The predicted octanol–water partition coefficient (Wildman–Crippen LogP) is 3.20. The third kappa shape index (κ3) is 2.27. The lowest BCUT2D eigenvalue weighted by atomic mass is 10.1. The van der Waals surface area contributed by atoms with Gasteiger partial charge in [0, 0.05) is 14.5 Å². The van der Waals surface area contributed by atoms with Crippen LogP contribution in [0, 0.1) is 0 Å². The molecule has 0 unspecified atom stereocenters. The Morgan fingerprint density at radius 3 is 2.82 bits per heavy atom. The van der Waals surface area contributed by atoms with Crippen molar-refractivity contribution in [2.45, 2.75) is 4.43 Å². The molecule has 1 rings (SSSR count). The van der Waals surface area contributed by atoms with E-state index in [1.165, 1.54) is 0 Å². The Labute approximate surface area is 87.5 Å². The Morgan fingerprint density at radius 1 is 1.55 bits per heavy atom. The van der Waals surface area contributed by atoms with Crippen LogP contribution in [0.3, 0.4) is 0 Å². The number of halogens is 2. The SMILES string of the molecule is O=Cc1ccc(Br)cc1CI. The van der Waals surface area contributed by atoms with E-state index in [1.54, 1.807) is 0 Å². The van der Waals surface area contributed by atoms with Crippen LogP contribution in [0.4, 0.5) is 0 Å². The van der Waals surface area contributed by atoms with Crippen LogP contribution in [0.25, 0.3) is 0 Å². The van der Waals surface area contributed by atoms with Crippen molar-refractivity contribution in [2.75, 3.05) is 0 Å². The molecule has 0 spiro atoms. The predicted molar refractivity (Wildman–Crippen MR) is 57.3 cm³/mol. The molecule has 0 saturated heterocycles. The number of benzene rings is 1. The van der Waals surface area contributed by atoms with E-state index in [4.69, 9.17) is 0 Å². The van der Waals surface area contributed by atoms with Crippen molar-refractivity contribution in [3.63, 3.8) is 0 Å². The summed E-state index contributed by atoms with van der Waals surface area (Å²) in [7, 11) is 0. The summed E-state index contributed by atoms with van der Waals surface area (Å²) in [5, 5.41) is 0. The topological polar surface area (TPSA) is 17.1 Å². The lowest BCUT2D eigenvalue weighted by Gasteiger charge is -1.99. The molecule has 0 N–H and O–H groups in total. The second kappa shape index (κ2) is 4.21. The maximum atomic E-state index is 10.5. The summed E-state index contributed by atoms with van der Waals surface area (Å²) in [6.07, 6.45) is 0.889. The Hall–Kier alpha value is 0.1000. The number of hydrogen-bond donors (Lipinski definition) is 0. The van der Waals surface area contributed by atoms with E-state index >= 15 is 0 Å². The van der Waals surface area contributed by atoms with E-state index < -0.39 is 0 Å². The zero-order chi connectivity index (χ0) is 8.27. The van der Waals surface area contributed by atoms with Gasteiger partial charge in [0.05, 0.1) is 0 Å². The molecule has 0 aromatic heterocycles. The van der Waals surface area contributed by atoms with Crippen molar-refractivity contribution in [2.24, 2.45) is 0 Å². The fraction of sp³-hybridized carbons (Fsp3) is 0.125. The van der Waals surface area contributed by atoms with E-state index in [1.807, 2.05) is 18.2 Å². The maximum Gasteiger partial charge on any atom is 0.150 e.